The highest BCUT2D eigenvalue weighted by molar-refractivity contribution is 5.55. The lowest BCUT2D eigenvalue weighted by molar-refractivity contribution is 0.715. The van der Waals surface area contributed by atoms with Crippen molar-refractivity contribution in [3.05, 3.63) is 52.3 Å². The molecule has 2 aromatic rings. The lowest BCUT2D eigenvalue weighted by Gasteiger charge is -2.10. The monoisotopic (exact) mass is 267 g/mol. The van der Waals surface area contributed by atoms with E-state index in [9.17, 15) is 0 Å². The van der Waals surface area contributed by atoms with Gasteiger partial charge in [-0.3, -0.25) is 0 Å². The van der Waals surface area contributed by atoms with Gasteiger partial charge in [0.1, 0.15) is 0 Å². The summed E-state index contributed by atoms with van der Waals surface area (Å²) in [6.45, 7) is 10.3. The molecule has 0 unspecified atom stereocenters. The van der Waals surface area contributed by atoms with Gasteiger partial charge in [0, 0.05) is 30.2 Å². The van der Waals surface area contributed by atoms with E-state index in [0.717, 1.165) is 24.3 Å². The first-order valence-electron chi connectivity index (χ1n) is 6.97. The number of hydrogen-bond donors (Lipinski definition) is 1. The second-order valence-corrected chi connectivity index (χ2v) is 5.14. The Labute approximate surface area is 120 Å². The van der Waals surface area contributed by atoms with Crippen molar-refractivity contribution in [2.45, 2.75) is 40.8 Å². The average Bonchev–Trinajstić information content (AvgIpc) is 2.72. The van der Waals surface area contributed by atoms with Crippen LogP contribution in [0, 0.1) is 32.1 Å². The zero-order valence-corrected chi connectivity index (χ0v) is 12.6. The summed E-state index contributed by atoms with van der Waals surface area (Å²) >= 11 is 0. The van der Waals surface area contributed by atoms with Crippen molar-refractivity contribution < 1.29 is 0 Å². The van der Waals surface area contributed by atoms with Gasteiger partial charge in [-0.05, 0) is 57.0 Å². The van der Waals surface area contributed by atoms with Crippen molar-refractivity contribution in [1.29, 1.82) is 5.26 Å². The predicted octanol–water partition coefficient (Wildman–Crippen LogP) is 3.92. The van der Waals surface area contributed by atoms with E-state index in [-0.39, 0.29) is 0 Å². The molecule has 0 atom stereocenters. The van der Waals surface area contributed by atoms with Crippen molar-refractivity contribution in [2.75, 3.05) is 5.32 Å². The molecule has 0 saturated carbocycles. The number of aromatic nitrogens is 1. The zero-order valence-electron chi connectivity index (χ0n) is 12.6. The highest BCUT2D eigenvalue weighted by atomic mass is 15.0. The van der Waals surface area contributed by atoms with E-state index < -0.39 is 0 Å². The van der Waals surface area contributed by atoms with Crippen molar-refractivity contribution in [1.82, 2.24) is 4.57 Å². The fraction of sp³-hybridized carbons (Fsp3) is 0.353. The largest absolute Gasteiger partial charge is 0.381 e. The van der Waals surface area contributed by atoms with Crippen LogP contribution in [-0.2, 0) is 13.1 Å². The minimum atomic E-state index is 0.692. The summed E-state index contributed by atoms with van der Waals surface area (Å²) in [7, 11) is 0. The maximum Gasteiger partial charge on any atom is 0.0992 e. The molecule has 20 heavy (non-hydrogen) atoms. The second kappa shape index (κ2) is 5.83. The minimum absolute atomic E-state index is 0.692. The highest BCUT2D eigenvalue weighted by Crippen LogP contribution is 2.20. The van der Waals surface area contributed by atoms with Gasteiger partial charge in [-0.1, -0.05) is 6.07 Å². The zero-order chi connectivity index (χ0) is 14.7. The Morgan fingerprint density at radius 2 is 1.95 bits per heavy atom. The molecule has 0 aliphatic carbocycles. The number of aryl methyl sites for hydroxylation is 2. The van der Waals surface area contributed by atoms with E-state index in [0.29, 0.717) is 5.56 Å². The Hall–Kier alpha value is -2.21. The van der Waals surface area contributed by atoms with Gasteiger partial charge in [-0.25, -0.2) is 0 Å². The Bertz CT molecular complexity index is 660. The Kier molecular flexibility index (Phi) is 4.14. The van der Waals surface area contributed by atoms with Gasteiger partial charge in [0.15, 0.2) is 0 Å². The van der Waals surface area contributed by atoms with Gasteiger partial charge >= 0.3 is 0 Å². The van der Waals surface area contributed by atoms with Crippen LogP contribution in [0.1, 0.15) is 35.0 Å². The lowest BCUT2D eigenvalue weighted by atomic mass is 10.1. The fourth-order valence-corrected chi connectivity index (χ4v) is 2.61. The van der Waals surface area contributed by atoms with Gasteiger partial charge in [-0.15, -0.1) is 0 Å². The molecule has 2 rings (SSSR count). The molecule has 104 valence electrons. The summed E-state index contributed by atoms with van der Waals surface area (Å²) < 4.78 is 2.32. The van der Waals surface area contributed by atoms with Crippen LogP contribution >= 0.6 is 0 Å². The quantitative estimate of drug-likeness (QED) is 0.912. The third-order valence-electron chi connectivity index (χ3n) is 3.83. The molecular formula is C17H21N3. The number of nitrogens with zero attached hydrogens (tertiary/aromatic N) is 2. The van der Waals surface area contributed by atoms with E-state index in [1.165, 1.54) is 17.0 Å². The first-order valence-corrected chi connectivity index (χ1v) is 6.97. The van der Waals surface area contributed by atoms with E-state index in [1.54, 1.807) is 0 Å². The molecule has 3 heteroatoms. The van der Waals surface area contributed by atoms with Gasteiger partial charge in [-0.2, -0.15) is 5.26 Å². The number of rotatable bonds is 4. The molecule has 1 N–H and O–H groups in total. The molecule has 0 spiro atoms. The third kappa shape index (κ3) is 2.70. The smallest absolute Gasteiger partial charge is 0.0992 e. The molecule has 0 amide bonds. The van der Waals surface area contributed by atoms with Crippen molar-refractivity contribution in [3.8, 4) is 6.07 Å². The molecule has 1 aromatic heterocycles. The maximum atomic E-state index is 8.97. The molecule has 0 aliphatic heterocycles. The molecule has 1 heterocycles. The van der Waals surface area contributed by atoms with Crippen LogP contribution in [0.5, 0.6) is 0 Å². The summed E-state index contributed by atoms with van der Waals surface area (Å²) in [6.07, 6.45) is 0. The number of nitrogens with one attached hydrogen (secondary N) is 1. The lowest BCUT2D eigenvalue weighted by Crippen LogP contribution is -2.04. The topological polar surface area (TPSA) is 40.8 Å². The number of anilines is 1. The van der Waals surface area contributed by atoms with E-state index >= 15 is 0 Å². The molecule has 0 aliphatic rings. The van der Waals surface area contributed by atoms with Crippen LogP contribution in [0.2, 0.25) is 0 Å². The van der Waals surface area contributed by atoms with Crippen molar-refractivity contribution in [3.63, 3.8) is 0 Å². The van der Waals surface area contributed by atoms with Gasteiger partial charge in [0.2, 0.25) is 0 Å². The molecule has 0 bridgehead atoms. The number of nitriles is 1. The first-order chi connectivity index (χ1) is 9.56. The molecule has 3 nitrogen and oxygen atoms in total. The molecule has 1 aromatic carbocycles. The summed E-state index contributed by atoms with van der Waals surface area (Å²) in [6, 6.07) is 10.2. The minimum Gasteiger partial charge on any atom is -0.381 e. The molecule has 0 radical (unpaired) electrons. The second-order valence-electron chi connectivity index (χ2n) is 5.14. The van der Waals surface area contributed by atoms with Gasteiger partial charge in [0.05, 0.1) is 11.6 Å². The Balaban J connectivity index is 2.19. The summed E-state index contributed by atoms with van der Waals surface area (Å²) in [5.74, 6) is 0. The molecule has 0 saturated heterocycles. The average molecular weight is 267 g/mol. The van der Waals surface area contributed by atoms with Gasteiger partial charge < -0.3 is 9.88 Å². The number of benzene rings is 1. The Morgan fingerprint density at radius 1 is 1.20 bits per heavy atom. The number of hydrogen-bond acceptors (Lipinski definition) is 2. The first kappa shape index (κ1) is 14.2. The van der Waals surface area contributed by atoms with E-state index in [1.807, 2.05) is 18.2 Å². The van der Waals surface area contributed by atoms with Crippen LogP contribution in [0.4, 0.5) is 5.69 Å². The highest BCUT2D eigenvalue weighted by Gasteiger charge is 2.08. The summed E-state index contributed by atoms with van der Waals surface area (Å²) in [5, 5.41) is 12.4. The third-order valence-corrected chi connectivity index (χ3v) is 3.83. The van der Waals surface area contributed by atoms with Crippen LogP contribution in [-0.4, -0.2) is 4.57 Å². The summed E-state index contributed by atoms with van der Waals surface area (Å²) in [4.78, 5) is 0. The maximum absolute atomic E-state index is 8.97. The van der Waals surface area contributed by atoms with E-state index in [4.69, 9.17) is 5.26 Å². The molecule has 0 fully saturated rings. The van der Waals surface area contributed by atoms with Crippen LogP contribution in [0.25, 0.3) is 0 Å². The summed E-state index contributed by atoms with van der Waals surface area (Å²) in [5.41, 5.74) is 6.80. The van der Waals surface area contributed by atoms with E-state index in [2.05, 4.69) is 49.7 Å². The Morgan fingerprint density at radius 3 is 2.55 bits per heavy atom. The SMILES string of the molecule is CCn1c(C)cc(CNc2cc(C#N)ccc2C)c1C. The van der Waals surface area contributed by atoms with Crippen LogP contribution in [0.3, 0.4) is 0 Å². The normalized spacial score (nSPS) is 10.3. The van der Waals surface area contributed by atoms with Crippen LogP contribution in [0.15, 0.2) is 24.3 Å². The fourth-order valence-electron chi connectivity index (χ4n) is 2.61. The van der Waals surface area contributed by atoms with Crippen molar-refractivity contribution in [2.24, 2.45) is 0 Å². The standard InChI is InChI=1S/C17H21N3/c1-5-20-13(3)8-16(14(20)4)11-19-17-9-15(10-18)7-6-12(17)2/h6-9,19H,5,11H2,1-4H3. The van der Waals surface area contributed by atoms with Crippen molar-refractivity contribution >= 4 is 5.69 Å². The van der Waals surface area contributed by atoms with Gasteiger partial charge in [0.25, 0.3) is 0 Å². The van der Waals surface area contributed by atoms with Crippen LogP contribution < -0.4 is 5.32 Å². The predicted molar refractivity (Wildman–Crippen MR) is 82.8 cm³/mol. The molecular weight excluding hydrogens is 246 g/mol.